The van der Waals surface area contributed by atoms with Crippen LogP contribution in [0, 0.1) is 5.92 Å². The Morgan fingerprint density at radius 1 is 1.23 bits per heavy atom. The molecule has 2 aliphatic rings. The average Bonchev–Trinajstić information content (AvgIpc) is 2.47. The first-order valence-corrected chi connectivity index (χ1v) is 8.74. The van der Waals surface area contributed by atoms with Gasteiger partial charge in [-0.05, 0) is 58.8 Å². The molecule has 5 nitrogen and oxygen atoms in total. The fraction of sp³-hybridized carbons (Fsp3) is 0.941. The fourth-order valence-electron chi connectivity index (χ4n) is 3.20. The van der Waals surface area contributed by atoms with Gasteiger partial charge in [0.05, 0.1) is 6.61 Å². The lowest BCUT2D eigenvalue weighted by Gasteiger charge is -2.37. The molecule has 2 rings (SSSR count). The van der Waals surface area contributed by atoms with Gasteiger partial charge in [-0.15, -0.1) is 0 Å². The van der Waals surface area contributed by atoms with E-state index in [0.29, 0.717) is 5.92 Å². The quantitative estimate of drug-likeness (QED) is 0.867. The third kappa shape index (κ3) is 5.76. The highest BCUT2D eigenvalue weighted by molar-refractivity contribution is 5.68. The number of hydrogen-bond acceptors (Lipinski definition) is 4. The third-order valence-corrected chi connectivity index (χ3v) is 4.32. The van der Waals surface area contributed by atoms with E-state index in [1.54, 1.807) is 0 Å². The first-order valence-electron chi connectivity index (χ1n) is 8.74. The van der Waals surface area contributed by atoms with Gasteiger partial charge in [0.2, 0.25) is 0 Å². The molecule has 0 aromatic rings. The van der Waals surface area contributed by atoms with Crippen LogP contribution >= 0.6 is 0 Å². The summed E-state index contributed by atoms with van der Waals surface area (Å²) < 4.78 is 11.1. The van der Waals surface area contributed by atoms with Crippen LogP contribution in [0.4, 0.5) is 4.79 Å². The molecule has 0 aromatic heterocycles. The molecule has 2 atom stereocenters. The summed E-state index contributed by atoms with van der Waals surface area (Å²) in [5.41, 5.74) is -0.425. The largest absolute Gasteiger partial charge is 0.444 e. The summed E-state index contributed by atoms with van der Waals surface area (Å²) in [5, 5.41) is 3.54. The van der Waals surface area contributed by atoms with Gasteiger partial charge < -0.3 is 19.7 Å². The molecule has 2 saturated heterocycles. The number of nitrogens with zero attached hydrogens (tertiary/aromatic N) is 1. The average molecular weight is 312 g/mol. The van der Waals surface area contributed by atoms with Crippen LogP contribution in [0.2, 0.25) is 0 Å². The highest BCUT2D eigenvalue weighted by atomic mass is 16.6. The van der Waals surface area contributed by atoms with Crippen molar-refractivity contribution in [3.05, 3.63) is 0 Å². The van der Waals surface area contributed by atoms with Gasteiger partial charge in [-0.3, -0.25) is 0 Å². The van der Waals surface area contributed by atoms with E-state index < -0.39 is 5.60 Å². The molecule has 1 N–H and O–H groups in total. The van der Waals surface area contributed by atoms with E-state index in [1.165, 1.54) is 19.3 Å². The molecule has 1 amide bonds. The summed E-state index contributed by atoms with van der Waals surface area (Å²) in [6.07, 6.45) is 5.57. The van der Waals surface area contributed by atoms with Gasteiger partial charge in [-0.25, -0.2) is 4.79 Å². The van der Waals surface area contributed by atoms with E-state index in [9.17, 15) is 4.79 Å². The Hall–Kier alpha value is -0.810. The molecule has 0 radical (unpaired) electrons. The van der Waals surface area contributed by atoms with Crippen molar-refractivity contribution in [3.8, 4) is 0 Å². The monoisotopic (exact) mass is 312 g/mol. The predicted octanol–water partition coefficient (Wildman–Crippen LogP) is 2.79. The minimum atomic E-state index is -0.425. The number of carbonyl (C=O) groups excluding carboxylic acids is 1. The smallest absolute Gasteiger partial charge is 0.410 e. The Bertz CT molecular complexity index is 348. The number of nitrogens with one attached hydrogen (secondary N) is 1. The molecule has 2 fully saturated rings. The Morgan fingerprint density at radius 2 is 2.05 bits per heavy atom. The van der Waals surface area contributed by atoms with Crippen molar-refractivity contribution in [2.45, 2.75) is 64.5 Å². The second-order valence-corrected chi connectivity index (χ2v) is 7.56. The number of amides is 1. The summed E-state index contributed by atoms with van der Waals surface area (Å²) in [6.45, 7) is 10.2. The molecule has 22 heavy (non-hydrogen) atoms. The maximum atomic E-state index is 12.3. The summed E-state index contributed by atoms with van der Waals surface area (Å²) in [5.74, 6) is 0.618. The predicted molar refractivity (Wildman–Crippen MR) is 87.0 cm³/mol. The molecule has 2 unspecified atom stereocenters. The molecular formula is C17H32N2O3. The summed E-state index contributed by atoms with van der Waals surface area (Å²) in [6, 6.07) is 0.258. The van der Waals surface area contributed by atoms with Crippen LogP contribution in [-0.2, 0) is 9.47 Å². The zero-order valence-corrected chi connectivity index (χ0v) is 14.4. The van der Waals surface area contributed by atoms with Crippen molar-refractivity contribution in [3.63, 3.8) is 0 Å². The topological polar surface area (TPSA) is 50.8 Å². The van der Waals surface area contributed by atoms with Crippen LogP contribution in [0.3, 0.4) is 0 Å². The second-order valence-electron chi connectivity index (χ2n) is 7.56. The van der Waals surface area contributed by atoms with E-state index in [0.717, 1.165) is 45.7 Å². The van der Waals surface area contributed by atoms with Crippen LogP contribution < -0.4 is 5.32 Å². The Balaban J connectivity index is 1.77. The first-order chi connectivity index (χ1) is 10.5. The number of carbonyl (C=O) groups is 1. The normalized spacial score (nSPS) is 26.8. The lowest BCUT2D eigenvalue weighted by molar-refractivity contribution is 0.00931. The maximum absolute atomic E-state index is 12.3. The molecule has 128 valence electrons. The van der Waals surface area contributed by atoms with Crippen LogP contribution in [-0.4, -0.2) is 55.5 Å². The van der Waals surface area contributed by atoms with Crippen molar-refractivity contribution in [2.75, 3.05) is 32.8 Å². The third-order valence-electron chi connectivity index (χ3n) is 4.32. The van der Waals surface area contributed by atoms with Crippen LogP contribution in [0.1, 0.15) is 52.9 Å². The number of hydrogen-bond donors (Lipinski definition) is 1. The van der Waals surface area contributed by atoms with Crippen LogP contribution in [0.15, 0.2) is 0 Å². The van der Waals surface area contributed by atoms with E-state index in [-0.39, 0.29) is 12.1 Å². The zero-order chi connectivity index (χ0) is 16.0. The minimum absolute atomic E-state index is 0.167. The van der Waals surface area contributed by atoms with Crippen molar-refractivity contribution in [2.24, 2.45) is 5.92 Å². The lowest BCUT2D eigenvalue weighted by atomic mass is 10.0. The van der Waals surface area contributed by atoms with Crippen molar-refractivity contribution in [1.82, 2.24) is 10.2 Å². The van der Waals surface area contributed by atoms with Gasteiger partial charge in [-0.2, -0.15) is 0 Å². The molecule has 0 spiro atoms. The van der Waals surface area contributed by atoms with Gasteiger partial charge in [0.1, 0.15) is 5.60 Å². The van der Waals surface area contributed by atoms with Crippen LogP contribution in [0.25, 0.3) is 0 Å². The summed E-state index contributed by atoms with van der Waals surface area (Å²) in [4.78, 5) is 14.3. The van der Waals surface area contributed by atoms with Gasteiger partial charge in [0.15, 0.2) is 0 Å². The van der Waals surface area contributed by atoms with Gasteiger partial charge in [0, 0.05) is 32.3 Å². The highest BCUT2D eigenvalue weighted by Crippen LogP contribution is 2.20. The molecule has 0 aliphatic carbocycles. The number of likely N-dealkylation sites (tertiary alicyclic amines) is 1. The maximum Gasteiger partial charge on any atom is 0.410 e. The molecule has 2 aliphatic heterocycles. The van der Waals surface area contributed by atoms with E-state index in [4.69, 9.17) is 9.47 Å². The number of ether oxygens (including phenoxy) is 2. The van der Waals surface area contributed by atoms with E-state index in [1.807, 2.05) is 25.7 Å². The highest BCUT2D eigenvalue weighted by Gasteiger charge is 2.30. The van der Waals surface area contributed by atoms with Crippen molar-refractivity contribution in [1.29, 1.82) is 0 Å². The number of piperidine rings is 1. The minimum Gasteiger partial charge on any atom is -0.444 e. The first kappa shape index (κ1) is 17.5. The van der Waals surface area contributed by atoms with E-state index >= 15 is 0 Å². The van der Waals surface area contributed by atoms with Gasteiger partial charge >= 0.3 is 6.09 Å². The number of rotatable bonds is 4. The summed E-state index contributed by atoms with van der Waals surface area (Å²) in [7, 11) is 0. The molecule has 5 heteroatoms. The van der Waals surface area contributed by atoms with Gasteiger partial charge in [0.25, 0.3) is 0 Å². The molecule has 2 heterocycles. The summed E-state index contributed by atoms with van der Waals surface area (Å²) >= 11 is 0. The van der Waals surface area contributed by atoms with E-state index in [2.05, 4.69) is 5.32 Å². The molecular weight excluding hydrogens is 280 g/mol. The molecule has 0 aromatic carbocycles. The van der Waals surface area contributed by atoms with Crippen molar-refractivity contribution < 1.29 is 14.3 Å². The molecule has 0 saturated carbocycles. The Kier molecular flexibility index (Phi) is 6.50. The Morgan fingerprint density at radius 3 is 2.73 bits per heavy atom. The zero-order valence-electron chi connectivity index (χ0n) is 14.4. The second kappa shape index (κ2) is 8.16. The van der Waals surface area contributed by atoms with Crippen molar-refractivity contribution >= 4 is 6.09 Å². The van der Waals surface area contributed by atoms with Gasteiger partial charge in [-0.1, -0.05) is 0 Å². The lowest BCUT2D eigenvalue weighted by Crippen LogP contribution is -2.50. The SMILES string of the molecule is CC(C)(C)OC(=O)N1CCCCC1CNCC1CCCOC1. The standard InChI is InChI=1S/C17H32N2O3/c1-17(2,3)22-16(20)19-9-5-4-8-15(19)12-18-11-14-7-6-10-21-13-14/h14-15,18H,4-13H2,1-3H3. The van der Waals surface area contributed by atoms with Crippen LogP contribution in [0.5, 0.6) is 0 Å². The Labute approximate surface area is 134 Å². The molecule has 0 bridgehead atoms. The fourth-order valence-corrected chi connectivity index (χ4v) is 3.20.